The molecule has 0 fully saturated rings. The van der Waals surface area contributed by atoms with E-state index in [-0.39, 0.29) is 5.54 Å². The van der Waals surface area contributed by atoms with Crippen molar-refractivity contribution in [2.45, 2.75) is 37.1 Å². The smallest absolute Gasteiger partial charge is 0.138 e. The molecule has 0 bridgehead atoms. The van der Waals surface area contributed by atoms with Gasteiger partial charge in [-0.15, -0.1) is 11.8 Å². The Morgan fingerprint density at radius 3 is 2.76 bits per heavy atom. The zero-order valence-corrected chi connectivity index (χ0v) is 13.8. The molecule has 0 spiro atoms. The second-order valence-corrected chi connectivity index (χ2v) is 7.36. The highest BCUT2D eigenvalue weighted by Crippen LogP contribution is 2.35. The average molecular weight is 299 g/mol. The molecule has 3 rings (SSSR count). The summed E-state index contributed by atoms with van der Waals surface area (Å²) in [4.78, 5) is 1.35. The van der Waals surface area contributed by atoms with E-state index in [1.165, 1.54) is 32.5 Å². The quantitative estimate of drug-likeness (QED) is 0.626. The normalized spacial score (nSPS) is 19.5. The summed E-state index contributed by atoms with van der Waals surface area (Å²) in [6, 6.07) is 11.2. The van der Waals surface area contributed by atoms with Crippen LogP contribution >= 0.6 is 11.8 Å². The molecule has 0 amide bonds. The Hall–Kier alpha value is -1.45. The second kappa shape index (κ2) is 5.39. The van der Waals surface area contributed by atoms with Gasteiger partial charge in [0.25, 0.3) is 0 Å². The van der Waals surface area contributed by atoms with Crippen molar-refractivity contribution in [3.63, 3.8) is 0 Å². The van der Waals surface area contributed by atoms with E-state index in [1.54, 1.807) is 6.20 Å². The lowest BCUT2D eigenvalue weighted by molar-refractivity contribution is -0.645. The van der Waals surface area contributed by atoms with Crippen LogP contribution in [0.4, 0.5) is 5.69 Å². The minimum atomic E-state index is 0.131. The first kappa shape index (κ1) is 14.5. The van der Waals surface area contributed by atoms with E-state index in [9.17, 15) is 0 Å². The Kier molecular flexibility index (Phi) is 3.72. The third-order valence-corrected chi connectivity index (χ3v) is 5.02. The standard InChI is InChI=1S/C18H22N2S/c1-18(2)10-12(11-19)9-13-5-4-6-14-16(21-3)8-7-15(20-18)17(13)14/h4-8,11,20H,9-10,19H2,1-3H3/p+1/b12-11-. The second-order valence-electron chi connectivity index (χ2n) is 6.51. The van der Waals surface area contributed by atoms with Crippen molar-refractivity contribution in [1.82, 2.24) is 0 Å². The number of thioether (sulfide) groups is 1. The lowest BCUT2D eigenvalue weighted by Crippen LogP contribution is -2.90. The maximum Gasteiger partial charge on any atom is 0.138 e. The number of hydrogen-bond donors (Lipinski definition) is 2. The summed E-state index contributed by atoms with van der Waals surface area (Å²) in [5.74, 6) is 0. The Balaban J connectivity index is 2.31. The van der Waals surface area contributed by atoms with Gasteiger partial charge < -0.3 is 11.1 Å². The van der Waals surface area contributed by atoms with Crippen LogP contribution in [0.5, 0.6) is 0 Å². The molecule has 1 heterocycles. The summed E-state index contributed by atoms with van der Waals surface area (Å²) in [6.07, 6.45) is 5.92. The highest BCUT2D eigenvalue weighted by atomic mass is 32.2. The molecule has 0 radical (unpaired) electrons. The molecule has 0 saturated heterocycles. The molecule has 110 valence electrons. The van der Waals surface area contributed by atoms with Crippen molar-refractivity contribution in [2.24, 2.45) is 5.73 Å². The Morgan fingerprint density at radius 1 is 1.24 bits per heavy atom. The van der Waals surface area contributed by atoms with Gasteiger partial charge in [0.15, 0.2) is 0 Å². The minimum Gasteiger partial charge on any atom is -0.405 e. The van der Waals surface area contributed by atoms with Crippen molar-refractivity contribution in [3.8, 4) is 0 Å². The van der Waals surface area contributed by atoms with E-state index in [0.717, 1.165) is 12.8 Å². The van der Waals surface area contributed by atoms with Crippen LogP contribution in [0.15, 0.2) is 47.0 Å². The largest absolute Gasteiger partial charge is 0.405 e. The molecule has 3 heteroatoms. The predicted octanol–water partition coefficient (Wildman–Crippen LogP) is 3.32. The molecule has 0 saturated carbocycles. The van der Waals surface area contributed by atoms with E-state index in [2.05, 4.69) is 55.8 Å². The summed E-state index contributed by atoms with van der Waals surface area (Å²) in [5, 5.41) is 5.17. The third-order valence-electron chi connectivity index (χ3n) is 4.22. The summed E-state index contributed by atoms with van der Waals surface area (Å²) in [7, 11) is 0. The van der Waals surface area contributed by atoms with Crippen molar-refractivity contribution in [3.05, 3.63) is 47.7 Å². The van der Waals surface area contributed by atoms with Gasteiger partial charge in [-0.1, -0.05) is 18.2 Å². The number of rotatable bonds is 1. The van der Waals surface area contributed by atoms with Gasteiger partial charge >= 0.3 is 0 Å². The lowest BCUT2D eigenvalue weighted by atomic mass is 9.87. The van der Waals surface area contributed by atoms with Gasteiger partial charge in [0.05, 0.1) is 5.54 Å². The van der Waals surface area contributed by atoms with Gasteiger partial charge in [-0.3, -0.25) is 0 Å². The third kappa shape index (κ3) is 2.68. The molecule has 2 aromatic rings. The molecule has 0 aromatic heterocycles. The number of nitrogens with two attached hydrogens (primary N) is 2. The van der Waals surface area contributed by atoms with Crippen LogP contribution in [0, 0.1) is 0 Å². The van der Waals surface area contributed by atoms with Gasteiger partial charge in [-0.25, -0.2) is 0 Å². The van der Waals surface area contributed by atoms with Gasteiger partial charge in [0.1, 0.15) is 5.69 Å². The lowest BCUT2D eigenvalue weighted by Gasteiger charge is -2.28. The average Bonchev–Trinajstić information content (AvgIpc) is 2.45. The van der Waals surface area contributed by atoms with Crippen LogP contribution in [0.2, 0.25) is 0 Å². The predicted molar refractivity (Wildman–Crippen MR) is 92.0 cm³/mol. The van der Waals surface area contributed by atoms with E-state index in [1.807, 2.05) is 11.8 Å². The van der Waals surface area contributed by atoms with E-state index < -0.39 is 0 Å². The molecule has 2 aromatic carbocycles. The van der Waals surface area contributed by atoms with Gasteiger partial charge in [-0.05, 0) is 49.9 Å². The van der Waals surface area contributed by atoms with E-state index >= 15 is 0 Å². The van der Waals surface area contributed by atoms with Crippen molar-refractivity contribution in [1.29, 1.82) is 0 Å². The van der Waals surface area contributed by atoms with E-state index in [0.29, 0.717) is 0 Å². The molecule has 0 unspecified atom stereocenters. The minimum absolute atomic E-state index is 0.131. The molecule has 1 aliphatic rings. The van der Waals surface area contributed by atoms with Crippen LogP contribution in [-0.2, 0) is 6.42 Å². The maximum atomic E-state index is 5.87. The van der Waals surface area contributed by atoms with Crippen LogP contribution in [-0.4, -0.2) is 11.8 Å². The molecule has 21 heavy (non-hydrogen) atoms. The SMILES string of the molecule is CSc1ccc2c3c(cccc13)C/C(=C/N)CC(C)(C)[NH2+]2. The molecule has 4 N–H and O–H groups in total. The van der Waals surface area contributed by atoms with Crippen molar-refractivity contribution >= 4 is 28.2 Å². The maximum absolute atomic E-state index is 5.87. The molecule has 2 nitrogen and oxygen atoms in total. The van der Waals surface area contributed by atoms with E-state index in [4.69, 9.17) is 5.73 Å². The van der Waals surface area contributed by atoms with Crippen molar-refractivity contribution < 1.29 is 5.32 Å². The monoisotopic (exact) mass is 299 g/mol. The first-order chi connectivity index (χ1) is 10.0. The van der Waals surface area contributed by atoms with Crippen LogP contribution in [0.1, 0.15) is 25.8 Å². The molecule has 1 aliphatic heterocycles. The van der Waals surface area contributed by atoms with Crippen LogP contribution < -0.4 is 11.1 Å². The summed E-state index contributed by atoms with van der Waals surface area (Å²) in [5.41, 5.74) is 10.1. The molecular weight excluding hydrogens is 276 g/mol. The van der Waals surface area contributed by atoms with Gasteiger partial charge in [0.2, 0.25) is 0 Å². The zero-order valence-electron chi connectivity index (χ0n) is 12.9. The van der Waals surface area contributed by atoms with Gasteiger partial charge in [0, 0.05) is 28.2 Å². The first-order valence-corrected chi connectivity index (χ1v) is 8.61. The fourth-order valence-electron chi connectivity index (χ4n) is 3.41. The molecule has 0 atom stereocenters. The topological polar surface area (TPSA) is 42.6 Å². The summed E-state index contributed by atoms with van der Waals surface area (Å²) < 4.78 is 0. The molecular formula is C18H23N2S+. The zero-order chi connectivity index (χ0) is 15.0. The summed E-state index contributed by atoms with van der Waals surface area (Å²) in [6.45, 7) is 4.58. The fourth-order valence-corrected chi connectivity index (χ4v) is 4.01. The fraction of sp³-hybridized carbons (Fsp3) is 0.333. The summed E-state index contributed by atoms with van der Waals surface area (Å²) >= 11 is 1.82. The highest BCUT2D eigenvalue weighted by Gasteiger charge is 2.28. The number of benzene rings is 2. The number of quaternary nitrogens is 1. The highest BCUT2D eigenvalue weighted by molar-refractivity contribution is 7.98. The Labute approximate surface area is 130 Å². The first-order valence-electron chi connectivity index (χ1n) is 7.38. The van der Waals surface area contributed by atoms with Gasteiger partial charge in [-0.2, -0.15) is 0 Å². The van der Waals surface area contributed by atoms with Crippen LogP contribution in [0.25, 0.3) is 10.8 Å². The van der Waals surface area contributed by atoms with Crippen LogP contribution in [0.3, 0.4) is 0 Å². The Bertz CT molecular complexity index is 716. The molecule has 0 aliphatic carbocycles. The van der Waals surface area contributed by atoms with Crippen molar-refractivity contribution in [2.75, 3.05) is 6.26 Å². The number of hydrogen-bond acceptors (Lipinski definition) is 2. The Morgan fingerprint density at radius 2 is 2.05 bits per heavy atom.